The van der Waals surface area contributed by atoms with Crippen LogP contribution in [0.3, 0.4) is 0 Å². The van der Waals surface area contributed by atoms with Gasteiger partial charge in [-0.15, -0.1) is 0 Å². The third-order valence-electron chi connectivity index (χ3n) is 3.85. The van der Waals surface area contributed by atoms with Crippen LogP contribution in [0.4, 0.5) is 0 Å². The van der Waals surface area contributed by atoms with Crippen molar-refractivity contribution in [2.24, 2.45) is 0 Å². The zero-order valence-corrected chi connectivity index (χ0v) is 16.8. The smallest absolute Gasteiger partial charge is 0.262 e. The summed E-state index contributed by atoms with van der Waals surface area (Å²) in [7, 11) is -3.50. The van der Waals surface area contributed by atoms with Gasteiger partial charge in [0.1, 0.15) is 6.10 Å². The SMILES string of the molecule is O=P(OC(c1ccccc1)C(Cl)(Cl)Cl)(c1ccccc1)c1ccccc1. The van der Waals surface area contributed by atoms with Crippen molar-refractivity contribution in [3.63, 3.8) is 0 Å². The molecule has 3 aromatic rings. The van der Waals surface area contributed by atoms with E-state index in [0.29, 0.717) is 16.2 Å². The minimum absolute atomic E-state index is 0.543. The Labute approximate surface area is 168 Å². The fourth-order valence-electron chi connectivity index (χ4n) is 2.61. The Morgan fingerprint density at radius 2 is 1.08 bits per heavy atom. The van der Waals surface area contributed by atoms with Gasteiger partial charge in [-0.3, -0.25) is 4.57 Å². The van der Waals surface area contributed by atoms with E-state index in [2.05, 4.69) is 0 Å². The van der Waals surface area contributed by atoms with Crippen molar-refractivity contribution in [1.82, 2.24) is 0 Å². The molecule has 0 aliphatic heterocycles. The van der Waals surface area contributed by atoms with Crippen LogP contribution in [0.5, 0.6) is 0 Å². The fourth-order valence-corrected chi connectivity index (χ4v) is 5.55. The summed E-state index contributed by atoms with van der Waals surface area (Å²) in [5.74, 6) is 0. The average molecular weight is 426 g/mol. The van der Waals surface area contributed by atoms with Crippen LogP contribution in [-0.2, 0) is 9.09 Å². The molecule has 0 saturated heterocycles. The first-order valence-corrected chi connectivity index (χ1v) is 10.7. The number of hydrogen-bond donors (Lipinski definition) is 0. The molecule has 2 nitrogen and oxygen atoms in total. The first-order chi connectivity index (χ1) is 12.4. The van der Waals surface area contributed by atoms with Crippen LogP contribution in [0.15, 0.2) is 91.0 Å². The molecule has 0 fully saturated rings. The maximum absolute atomic E-state index is 14.0. The Bertz CT molecular complexity index is 838. The largest absolute Gasteiger partial charge is 0.309 e. The van der Waals surface area contributed by atoms with E-state index >= 15 is 0 Å². The molecule has 0 amide bonds. The highest BCUT2D eigenvalue weighted by atomic mass is 35.6. The fraction of sp³-hybridized carbons (Fsp3) is 0.100. The normalized spacial score (nSPS) is 13.3. The van der Waals surface area contributed by atoms with Crippen molar-refractivity contribution >= 4 is 52.8 Å². The van der Waals surface area contributed by atoms with E-state index < -0.39 is 17.3 Å². The molecule has 1 unspecified atom stereocenters. The predicted octanol–water partition coefficient (Wildman–Crippen LogP) is 6.04. The molecule has 0 radical (unpaired) electrons. The van der Waals surface area contributed by atoms with Gasteiger partial charge in [0.05, 0.1) is 0 Å². The van der Waals surface area contributed by atoms with Gasteiger partial charge >= 0.3 is 0 Å². The van der Waals surface area contributed by atoms with Gasteiger partial charge in [-0.05, 0) is 29.8 Å². The first kappa shape index (κ1) is 19.5. The molecule has 26 heavy (non-hydrogen) atoms. The van der Waals surface area contributed by atoms with Crippen LogP contribution >= 0.6 is 42.2 Å². The van der Waals surface area contributed by atoms with Crippen molar-refractivity contribution < 1.29 is 9.09 Å². The van der Waals surface area contributed by atoms with Crippen molar-refractivity contribution in [3.8, 4) is 0 Å². The average Bonchev–Trinajstić information content (AvgIpc) is 2.67. The summed E-state index contributed by atoms with van der Waals surface area (Å²) >= 11 is 18.6. The summed E-state index contributed by atoms with van der Waals surface area (Å²) in [5, 5.41) is 1.09. The van der Waals surface area contributed by atoms with Gasteiger partial charge in [0.15, 0.2) is 0 Å². The Balaban J connectivity index is 2.12. The van der Waals surface area contributed by atoms with Crippen molar-refractivity contribution in [2.75, 3.05) is 0 Å². The highest BCUT2D eigenvalue weighted by Gasteiger charge is 2.42. The van der Waals surface area contributed by atoms with Crippen molar-refractivity contribution in [2.45, 2.75) is 9.90 Å². The number of alkyl halides is 3. The van der Waals surface area contributed by atoms with Gasteiger partial charge < -0.3 is 4.52 Å². The van der Waals surface area contributed by atoms with Gasteiger partial charge in [0.25, 0.3) is 7.37 Å². The predicted molar refractivity (Wildman–Crippen MR) is 110 cm³/mol. The van der Waals surface area contributed by atoms with Crippen LogP contribution in [0, 0.1) is 0 Å². The van der Waals surface area contributed by atoms with Crippen LogP contribution in [0.2, 0.25) is 0 Å². The van der Waals surface area contributed by atoms with Gasteiger partial charge in [-0.2, -0.15) is 0 Å². The molecule has 3 rings (SSSR count). The molecule has 0 aliphatic carbocycles. The molecule has 0 aliphatic rings. The quantitative estimate of drug-likeness (QED) is 0.368. The summed E-state index contributed by atoms with van der Waals surface area (Å²) in [6, 6.07) is 27.0. The second-order valence-electron chi connectivity index (χ2n) is 5.66. The number of hydrogen-bond acceptors (Lipinski definition) is 2. The molecule has 134 valence electrons. The summed E-state index contributed by atoms with van der Waals surface area (Å²) < 4.78 is 18.4. The Morgan fingerprint density at radius 3 is 1.46 bits per heavy atom. The van der Waals surface area contributed by atoms with Crippen LogP contribution < -0.4 is 10.6 Å². The maximum atomic E-state index is 14.0. The van der Waals surface area contributed by atoms with E-state index in [4.69, 9.17) is 39.3 Å². The molecular weight excluding hydrogens is 410 g/mol. The maximum Gasteiger partial charge on any atom is 0.262 e. The summed E-state index contributed by atoms with van der Waals surface area (Å²) in [6.07, 6.45) is -1.00. The summed E-state index contributed by atoms with van der Waals surface area (Å²) in [4.78, 5) is 0. The van der Waals surface area contributed by atoms with E-state index in [1.54, 1.807) is 60.7 Å². The van der Waals surface area contributed by atoms with E-state index in [1.165, 1.54) is 0 Å². The molecule has 0 bridgehead atoms. The topological polar surface area (TPSA) is 26.3 Å². The third-order valence-corrected chi connectivity index (χ3v) is 6.90. The Morgan fingerprint density at radius 1 is 0.692 bits per heavy atom. The zero-order chi connectivity index (χ0) is 18.6. The second-order valence-corrected chi connectivity index (χ2v) is 10.4. The lowest BCUT2D eigenvalue weighted by molar-refractivity contribution is 0.221. The monoisotopic (exact) mass is 424 g/mol. The van der Waals surface area contributed by atoms with Crippen molar-refractivity contribution in [1.29, 1.82) is 0 Å². The van der Waals surface area contributed by atoms with E-state index in [0.717, 1.165) is 0 Å². The van der Waals surface area contributed by atoms with Gasteiger partial charge in [-0.1, -0.05) is 102 Å². The molecular formula is C20H16Cl3O2P. The first-order valence-electron chi connectivity index (χ1n) is 7.92. The van der Waals surface area contributed by atoms with Crippen LogP contribution in [0.25, 0.3) is 0 Å². The van der Waals surface area contributed by atoms with Gasteiger partial charge in [0, 0.05) is 10.6 Å². The highest BCUT2D eigenvalue weighted by molar-refractivity contribution is 7.74. The molecule has 0 spiro atoms. The van der Waals surface area contributed by atoms with Gasteiger partial charge in [0.2, 0.25) is 3.79 Å². The molecule has 0 saturated carbocycles. The Hall–Kier alpha value is -1.28. The lowest BCUT2D eigenvalue weighted by Crippen LogP contribution is -2.26. The number of rotatable bonds is 5. The Kier molecular flexibility index (Phi) is 6.12. The number of halogens is 3. The minimum Gasteiger partial charge on any atom is -0.309 e. The van der Waals surface area contributed by atoms with Crippen molar-refractivity contribution in [3.05, 3.63) is 96.6 Å². The highest BCUT2D eigenvalue weighted by Crippen LogP contribution is 2.54. The minimum atomic E-state index is -3.50. The second kappa shape index (κ2) is 8.17. The number of benzene rings is 3. The molecule has 0 aromatic heterocycles. The lowest BCUT2D eigenvalue weighted by atomic mass is 10.1. The zero-order valence-electron chi connectivity index (χ0n) is 13.6. The molecule has 3 aromatic carbocycles. The molecule has 0 N–H and O–H groups in total. The molecule has 0 heterocycles. The third kappa shape index (κ3) is 4.34. The van der Waals surface area contributed by atoms with Crippen LogP contribution in [0.1, 0.15) is 11.7 Å². The van der Waals surface area contributed by atoms with Gasteiger partial charge in [-0.25, -0.2) is 0 Å². The molecule has 1 atom stereocenters. The van der Waals surface area contributed by atoms with E-state index in [-0.39, 0.29) is 0 Å². The van der Waals surface area contributed by atoms with E-state index in [9.17, 15) is 4.57 Å². The molecule has 6 heteroatoms. The van der Waals surface area contributed by atoms with E-state index in [1.807, 2.05) is 30.3 Å². The summed E-state index contributed by atoms with van der Waals surface area (Å²) in [5.41, 5.74) is 0.639. The summed E-state index contributed by atoms with van der Waals surface area (Å²) in [6.45, 7) is 0. The van der Waals surface area contributed by atoms with Crippen LogP contribution in [-0.4, -0.2) is 3.79 Å². The standard InChI is InChI=1S/C20H16Cl3O2P/c21-20(22,23)19(16-10-4-1-5-11-16)25-26(24,17-12-6-2-7-13-17)18-14-8-3-9-15-18/h1-15,19H. The lowest BCUT2D eigenvalue weighted by Gasteiger charge is -2.30.